The molecule has 1 aromatic rings. The molecule has 1 aromatic heterocycles. The average Bonchev–Trinajstić information content (AvgIpc) is 2.33. The van der Waals surface area contributed by atoms with Crippen molar-refractivity contribution in [2.24, 2.45) is 0 Å². The molecular weight excluding hydrogens is 284 g/mol. The molecule has 0 saturated carbocycles. The number of carbonyl (C=O) groups excluding carboxylic acids is 1. The Hall–Kier alpha value is -0.940. The van der Waals surface area contributed by atoms with Crippen LogP contribution in [0.25, 0.3) is 0 Å². The van der Waals surface area contributed by atoms with Crippen LogP contribution in [0, 0.1) is 0 Å². The second kappa shape index (κ2) is 5.60. The van der Waals surface area contributed by atoms with Crippen LogP contribution in [0.1, 0.15) is 23.2 Å². The minimum atomic E-state index is -0.278. The molecule has 0 aromatic carbocycles. The zero-order chi connectivity index (χ0) is 12.3. The van der Waals surface area contributed by atoms with Crippen LogP contribution in [0.15, 0.2) is 22.9 Å². The molecule has 17 heavy (non-hydrogen) atoms. The number of hydrogen-bond acceptors (Lipinski definition) is 4. The second-order valence-corrected chi connectivity index (χ2v) is 5.09. The molecule has 92 valence electrons. The van der Waals surface area contributed by atoms with Crippen molar-refractivity contribution in [1.29, 1.82) is 0 Å². The topological polar surface area (TPSA) is 42.4 Å². The molecule has 2 rings (SSSR count). The fourth-order valence-corrected chi connectivity index (χ4v) is 2.05. The maximum atomic E-state index is 11.8. The van der Waals surface area contributed by atoms with Crippen LogP contribution in [0.3, 0.4) is 0 Å². The van der Waals surface area contributed by atoms with Gasteiger partial charge in [0, 0.05) is 19.3 Å². The van der Waals surface area contributed by atoms with Crippen LogP contribution in [-0.2, 0) is 4.74 Å². The largest absolute Gasteiger partial charge is 0.459 e. The van der Waals surface area contributed by atoms with E-state index < -0.39 is 0 Å². The summed E-state index contributed by atoms with van der Waals surface area (Å²) < 4.78 is 6.16. The lowest BCUT2D eigenvalue weighted by molar-refractivity contribution is 0.0139. The molecule has 0 N–H and O–H groups in total. The molecule has 0 unspecified atom stereocenters. The van der Waals surface area contributed by atoms with E-state index in [9.17, 15) is 4.79 Å². The minimum absolute atomic E-state index is 0.0438. The van der Waals surface area contributed by atoms with Gasteiger partial charge in [-0.05, 0) is 48.0 Å². The van der Waals surface area contributed by atoms with Crippen LogP contribution >= 0.6 is 15.9 Å². The summed E-state index contributed by atoms with van der Waals surface area (Å²) >= 11 is 3.23. The Morgan fingerprint density at radius 3 is 2.76 bits per heavy atom. The van der Waals surface area contributed by atoms with Gasteiger partial charge in [-0.15, -0.1) is 0 Å². The van der Waals surface area contributed by atoms with Crippen molar-refractivity contribution in [1.82, 2.24) is 9.88 Å². The molecule has 0 radical (unpaired) electrons. The van der Waals surface area contributed by atoms with Gasteiger partial charge < -0.3 is 9.64 Å². The predicted molar refractivity (Wildman–Crippen MR) is 67.9 cm³/mol. The Morgan fingerprint density at radius 2 is 2.18 bits per heavy atom. The highest BCUT2D eigenvalue weighted by Crippen LogP contribution is 2.15. The van der Waals surface area contributed by atoms with Gasteiger partial charge in [0.25, 0.3) is 0 Å². The molecule has 0 aliphatic carbocycles. The Balaban J connectivity index is 1.91. The fraction of sp³-hybridized carbons (Fsp3) is 0.500. The number of esters is 1. The van der Waals surface area contributed by atoms with Gasteiger partial charge in [0.05, 0.1) is 5.56 Å². The number of hydrogen-bond donors (Lipinski definition) is 0. The monoisotopic (exact) mass is 298 g/mol. The summed E-state index contributed by atoms with van der Waals surface area (Å²) in [5.74, 6) is -0.278. The first kappa shape index (κ1) is 12.5. The lowest BCUT2D eigenvalue weighted by Crippen LogP contribution is -2.35. The van der Waals surface area contributed by atoms with Crippen molar-refractivity contribution in [3.63, 3.8) is 0 Å². The zero-order valence-electron chi connectivity index (χ0n) is 9.73. The molecule has 4 nitrogen and oxygen atoms in total. The van der Waals surface area contributed by atoms with Crippen molar-refractivity contribution in [3.8, 4) is 0 Å². The molecule has 0 atom stereocenters. The van der Waals surface area contributed by atoms with E-state index in [1.54, 1.807) is 12.1 Å². The molecular formula is C12H15BrN2O2. The fourth-order valence-electron chi connectivity index (χ4n) is 1.82. The van der Waals surface area contributed by atoms with E-state index in [1.807, 2.05) is 0 Å². The average molecular weight is 299 g/mol. The highest BCUT2D eigenvalue weighted by Gasteiger charge is 2.21. The number of carbonyl (C=O) groups is 1. The summed E-state index contributed by atoms with van der Waals surface area (Å²) in [6, 6.07) is 3.46. The lowest BCUT2D eigenvalue weighted by atomic mass is 10.1. The number of rotatable bonds is 2. The number of pyridine rings is 1. The van der Waals surface area contributed by atoms with E-state index in [0.717, 1.165) is 25.9 Å². The van der Waals surface area contributed by atoms with Crippen molar-refractivity contribution in [2.75, 3.05) is 20.1 Å². The van der Waals surface area contributed by atoms with Gasteiger partial charge in [-0.1, -0.05) is 0 Å². The normalized spacial score (nSPS) is 18.0. The van der Waals surface area contributed by atoms with Gasteiger partial charge in [-0.2, -0.15) is 0 Å². The van der Waals surface area contributed by atoms with Gasteiger partial charge in [0.2, 0.25) is 0 Å². The second-order valence-electron chi connectivity index (χ2n) is 4.28. The van der Waals surface area contributed by atoms with Crippen LogP contribution < -0.4 is 0 Å². The molecule has 0 spiro atoms. The summed E-state index contributed by atoms with van der Waals surface area (Å²) in [6.45, 7) is 1.97. The van der Waals surface area contributed by atoms with E-state index in [-0.39, 0.29) is 12.1 Å². The van der Waals surface area contributed by atoms with Gasteiger partial charge in [-0.3, -0.25) is 0 Å². The number of likely N-dealkylation sites (tertiary alicyclic amines) is 1. The first-order chi connectivity index (χ1) is 8.15. The molecule has 1 saturated heterocycles. The first-order valence-corrected chi connectivity index (χ1v) is 6.45. The van der Waals surface area contributed by atoms with Gasteiger partial charge in [0.15, 0.2) is 0 Å². The number of nitrogens with zero attached hydrogens (tertiary/aromatic N) is 2. The number of ether oxygens (including phenoxy) is 1. The molecule has 5 heteroatoms. The van der Waals surface area contributed by atoms with E-state index >= 15 is 0 Å². The first-order valence-electron chi connectivity index (χ1n) is 5.66. The summed E-state index contributed by atoms with van der Waals surface area (Å²) in [7, 11) is 2.08. The summed E-state index contributed by atoms with van der Waals surface area (Å²) in [5.41, 5.74) is 0.507. The van der Waals surface area contributed by atoms with Crippen LogP contribution in [0.2, 0.25) is 0 Å². The zero-order valence-corrected chi connectivity index (χ0v) is 11.3. The van der Waals surface area contributed by atoms with E-state index in [2.05, 4.69) is 32.9 Å². The number of piperidine rings is 1. The minimum Gasteiger partial charge on any atom is -0.459 e. The van der Waals surface area contributed by atoms with Gasteiger partial charge in [-0.25, -0.2) is 9.78 Å². The molecule has 1 aliphatic heterocycles. The number of aromatic nitrogens is 1. The van der Waals surface area contributed by atoms with Gasteiger partial charge in [0.1, 0.15) is 10.7 Å². The molecule has 1 fully saturated rings. The van der Waals surface area contributed by atoms with Gasteiger partial charge >= 0.3 is 5.97 Å². The third-order valence-electron chi connectivity index (χ3n) is 2.90. The number of halogens is 1. The molecule has 0 bridgehead atoms. The summed E-state index contributed by atoms with van der Waals surface area (Å²) in [4.78, 5) is 18.1. The predicted octanol–water partition coefficient (Wildman–Crippen LogP) is 2.10. The van der Waals surface area contributed by atoms with Crippen molar-refractivity contribution in [3.05, 3.63) is 28.5 Å². The highest BCUT2D eigenvalue weighted by molar-refractivity contribution is 9.10. The van der Waals surface area contributed by atoms with E-state index in [0.29, 0.717) is 10.2 Å². The summed E-state index contributed by atoms with van der Waals surface area (Å²) in [5, 5.41) is 0. The molecule has 2 heterocycles. The highest BCUT2D eigenvalue weighted by atomic mass is 79.9. The van der Waals surface area contributed by atoms with Crippen LogP contribution in [0.4, 0.5) is 0 Å². The Kier molecular flexibility index (Phi) is 4.12. The lowest BCUT2D eigenvalue weighted by Gasteiger charge is -2.28. The summed E-state index contributed by atoms with van der Waals surface area (Å²) in [6.07, 6.45) is 3.39. The van der Waals surface area contributed by atoms with E-state index in [1.165, 1.54) is 6.20 Å². The third-order valence-corrected chi connectivity index (χ3v) is 3.37. The van der Waals surface area contributed by atoms with E-state index in [4.69, 9.17) is 4.74 Å². The van der Waals surface area contributed by atoms with Crippen LogP contribution in [0.5, 0.6) is 0 Å². The standard InChI is InChI=1S/C12H15BrN2O2/c1-15-6-4-10(5-7-15)17-12(16)9-2-3-11(13)14-8-9/h2-3,8,10H,4-7H2,1H3. The van der Waals surface area contributed by atoms with Crippen molar-refractivity contribution < 1.29 is 9.53 Å². The Bertz CT molecular complexity index is 386. The van der Waals surface area contributed by atoms with Crippen LogP contribution in [-0.4, -0.2) is 42.1 Å². The smallest absolute Gasteiger partial charge is 0.339 e. The maximum absolute atomic E-state index is 11.8. The molecule has 1 aliphatic rings. The van der Waals surface area contributed by atoms with Crippen molar-refractivity contribution in [2.45, 2.75) is 18.9 Å². The molecule has 0 amide bonds. The quantitative estimate of drug-likeness (QED) is 0.619. The maximum Gasteiger partial charge on any atom is 0.339 e. The third kappa shape index (κ3) is 3.51. The Labute approximate surface area is 109 Å². The Morgan fingerprint density at radius 1 is 1.47 bits per heavy atom. The van der Waals surface area contributed by atoms with Crippen molar-refractivity contribution >= 4 is 21.9 Å². The SMILES string of the molecule is CN1CCC(OC(=O)c2ccc(Br)nc2)CC1.